The Bertz CT molecular complexity index is 376. The van der Waals surface area contributed by atoms with E-state index in [4.69, 9.17) is 0 Å². The van der Waals surface area contributed by atoms with Crippen LogP contribution in [-0.4, -0.2) is 6.21 Å². The van der Waals surface area contributed by atoms with Gasteiger partial charge in [-0.15, -0.1) is 0 Å². The molecule has 0 aromatic carbocycles. The molecule has 0 unspecified atom stereocenters. The van der Waals surface area contributed by atoms with E-state index in [0.29, 0.717) is 0 Å². The van der Waals surface area contributed by atoms with Crippen molar-refractivity contribution >= 4 is 6.21 Å². The molecule has 0 saturated heterocycles. The van der Waals surface area contributed by atoms with Crippen LogP contribution in [0.15, 0.2) is 38.6 Å². The van der Waals surface area contributed by atoms with Crippen LogP contribution in [0.4, 0.5) is 0 Å². The molecule has 0 spiro atoms. The summed E-state index contributed by atoms with van der Waals surface area (Å²) in [5.74, 6) is 0. The largest absolute Gasteiger partial charge is 0.260 e. The number of allylic oxidation sites excluding steroid dienone is 6. The van der Waals surface area contributed by atoms with Crippen molar-refractivity contribution in [1.29, 1.82) is 0 Å². The highest BCUT2D eigenvalue weighted by atomic mass is 14.8. The molecule has 1 heteroatoms. The van der Waals surface area contributed by atoms with Crippen LogP contribution < -0.4 is 0 Å². The van der Waals surface area contributed by atoms with Gasteiger partial charge in [0.2, 0.25) is 0 Å². The van der Waals surface area contributed by atoms with Crippen LogP contribution in [0.1, 0.15) is 27.7 Å². The minimum atomic E-state index is 1.17. The summed E-state index contributed by atoms with van der Waals surface area (Å²) in [6.45, 7) is 8.61. The molecule has 0 N–H and O–H groups in total. The van der Waals surface area contributed by atoms with Gasteiger partial charge in [-0.2, -0.15) is 0 Å². The highest BCUT2D eigenvalue weighted by molar-refractivity contribution is 5.96. The number of aliphatic imine (C=N–C) groups is 1. The molecule has 62 valence electrons. The highest BCUT2D eigenvalue weighted by Gasteiger charge is 2.24. The SMILES string of the molecule is CC1=C2C(C)=C(C)C(C)=C2C=N1. The lowest BCUT2D eigenvalue weighted by molar-refractivity contribution is 1.25. The predicted octanol–water partition coefficient (Wildman–Crippen LogP) is 3.01. The van der Waals surface area contributed by atoms with Crippen molar-refractivity contribution in [3.63, 3.8) is 0 Å². The first kappa shape index (κ1) is 7.53. The lowest BCUT2D eigenvalue weighted by Gasteiger charge is -1.99. The molecule has 2 rings (SSSR count). The first-order valence-corrected chi connectivity index (χ1v) is 4.27. The zero-order chi connectivity index (χ0) is 8.88. The number of hydrogen-bond donors (Lipinski definition) is 0. The van der Waals surface area contributed by atoms with E-state index < -0.39 is 0 Å². The van der Waals surface area contributed by atoms with E-state index in [0.717, 1.165) is 0 Å². The van der Waals surface area contributed by atoms with Crippen molar-refractivity contribution in [2.75, 3.05) is 0 Å². The maximum Gasteiger partial charge on any atom is 0.0454 e. The summed E-state index contributed by atoms with van der Waals surface area (Å²) in [5, 5.41) is 0. The summed E-state index contributed by atoms with van der Waals surface area (Å²) in [4.78, 5) is 4.32. The van der Waals surface area contributed by atoms with Crippen LogP contribution in [0, 0.1) is 0 Å². The predicted molar refractivity (Wildman–Crippen MR) is 52.3 cm³/mol. The molecule has 2 aliphatic rings. The van der Waals surface area contributed by atoms with E-state index in [9.17, 15) is 0 Å². The minimum absolute atomic E-state index is 1.17. The van der Waals surface area contributed by atoms with Gasteiger partial charge in [-0.05, 0) is 44.4 Å². The van der Waals surface area contributed by atoms with E-state index in [1.807, 2.05) is 6.21 Å². The maximum absolute atomic E-state index is 4.32. The van der Waals surface area contributed by atoms with E-state index in [-0.39, 0.29) is 0 Å². The van der Waals surface area contributed by atoms with Gasteiger partial charge in [0.1, 0.15) is 0 Å². The average Bonchev–Trinajstić information content (AvgIpc) is 2.51. The van der Waals surface area contributed by atoms with Gasteiger partial charge >= 0.3 is 0 Å². The number of nitrogens with zero attached hydrogens (tertiary/aromatic N) is 1. The summed E-state index contributed by atoms with van der Waals surface area (Å²) < 4.78 is 0. The van der Waals surface area contributed by atoms with Crippen LogP contribution in [0.2, 0.25) is 0 Å². The van der Waals surface area contributed by atoms with Crippen LogP contribution in [-0.2, 0) is 0 Å². The van der Waals surface area contributed by atoms with Gasteiger partial charge in [0.15, 0.2) is 0 Å². The molecule has 0 bridgehead atoms. The molecule has 0 aromatic rings. The summed E-state index contributed by atoms with van der Waals surface area (Å²) in [5.41, 5.74) is 8.08. The van der Waals surface area contributed by atoms with Gasteiger partial charge in [-0.1, -0.05) is 0 Å². The quantitative estimate of drug-likeness (QED) is 0.515. The normalized spacial score (nSPS) is 21.7. The van der Waals surface area contributed by atoms with Gasteiger partial charge in [-0.25, -0.2) is 0 Å². The van der Waals surface area contributed by atoms with Crippen LogP contribution in [0.25, 0.3) is 0 Å². The number of rotatable bonds is 0. The lowest BCUT2D eigenvalue weighted by Crippen LogP contribution is -1.84. The topological polar surface area (TPSA) is 12.4 Å². The van der Waals surface area contributed by atoms with E-state index >= 15 is 0 Å². The van der Waals surface area contributed by atoms with Gasteiger partial charge < -0.3 is 0 Å². The molecule has 0 amide bonds. The molecule has 1 heterocycles. The Morgan fingerprint density at radius 3 is 2.17 bits per heavy atom. The van der Waals surface area contributed by atoms with Gasteiger partial charge in [0, 0.05) is 23.1 Å². The smallest absolute Gasteiger partial charge is 0.0454 e. The fourth-order valence-electron chi connectivity index (χ4n) is 1.91. The molecule has 0 atom stereocenters. The van der Waals surface area contributed by atoms with Crippen molar-refractivity contribution in [2.45, 2.75) is 27.7 Å². The van der Waals surface area contributed by atoms with Crippen molar-refractivity contribution in [1.82, 2.24) is 0 Å². The average molecular weight is 159 g/mol. The van der Waals surface area contributed by atoms with Crippen LogP contribution in [0.3, 0.4) is 0 Å². The Labute approximate surface area is 73.2 Å². The molecule has 0 aromatic heterocycles. The highest BCUT2D eigenvalue weighted by Crippen LogP contribution is 2.39. The zero-order valence-electron chi connectivity index (χ0n) is 8.02. The molecule has 0 fully saturated rings. The number of fused-ring (bicyclic) bond motifs is 1. The van der Waals surface area contributed by atoms with E-state index in [1.54, 1.807) is 0 Å². The summed E-state index contributed by atoms with van der Waals surface area (Å²) in [6, 6.07) is 0. The fraction of sp³-hybridized carbons (Fsp3) is 0.364. The fourth-order valence-corrected chi connectivity index (χ4v) is 1.91. The van der Waals surface area contributed by atoms with Gasteiger partial charge in [0.05, 0.1) is 0 Å². The molecule has 1 aliphatic heterocycles. The van der Waals surface area contributed by atoms with Crippen LogP contribution >= 0.6 is 0 Å². The first-order chi connectivity index (χ1) is 5.63. The third-order valence-corrected chi connectivity index (χ3v) is 2.92. The summed E-state index contributed by atoms with van der Waals surface area (Å²) >= 11 is 0. The molecule has 0 radical (unpaired) electrons. The summed E-state index contributed by atoms with van der Waals surface area (Å²) in [7, 11) is 0. The van der Waals surface area contributed by atoms with Crippen molar-refractivity contribution < 1.29 is 0 Å². The van der Waals surface area contributed by atoms with Crippen molar-refractivity contribution in [3.05, 3.63) is 33.6 Å². The second kappa shape index (κ2) is 2.19. The van der Waals surface area contributed by atoms with Gasteiger partial charge in [0.25, 0.3) is 0 Å². The Kier molecular flexibility index (Phi) is 1.38. The second-order valence-corrected chi connectivity index (χ2v) is 3.51. The molecule has 12 heavy (non-hydrogen) atoms. The Morgan fingerprint density at radius 1 is 0.917 bits per heavy atom. The first-order valence-electron chi connectivity index (χ1n) is 4.27. The number of hydrogen-bond acceptors (Lipinski definition) is 1. The van der Waals surface area contributed by atoms with Crippen LogP contribution in [0.5, 0.6) is 0 Å². The van der Waals surface area contributed by atoms with Crippen molar-refractivity contribution in [3.8, 4) is 0 Å². The zero-order valence-corrected chi connectivity index (χ0v) is 8.02. The van der Waals surface area contributed by atoms with E-state index in [1.165, 1.54) is 33.6 Å². The second-order valence-electron chi connectivity index (χ2n) is 3.51. The molecule has 1 nitrogen and oxygen atoms in total. The molecule has 0 saturated carbocycles. The van der Waals surface area contributed by atoms with E-state index in [2.05, 4.69) is 32.7 Å². The third kappa shape index (κ3) is 0.711. The summed E-state index contributed by atoms with van der Waals surface area (Å²) in [6.07, 6.45) is 1.99. The molecular weight excluding hydrogens is 146 g/mol. The van der Waals surface area contributed by atoms with Crippen molar-refractivity contribution in [2.24, 2.45) is 4.99 Å². The molecular formula is C11H13N. The monoisotopic (exact) mass is 159 g/mol. The Hall–Kier alpha value is -1.11. The third-order valence-electron chi connectivity index (χ3n) is 2.92. The standard InChI is InChI=1S/C11H13N/c1-6-7(2)10-5-12-9(4)11(10)8(6)3/h5H,1-4H3. The Balaban J connectivity index is 2.70. The van der Waals surface area contributed by atoms with Gasteiger partial charge in [-0.3, -0.25) is 4.99 Å². The molecule has 1 aliphatic carbocycles. The Morgan fingerprint density at radius 2 is 1.58 bits per heavy atom. The maximum atomic E-state index is 4.32. The lowest BCUT2D eigenvalue weighted by atomic mass is 10.1. The minimum Gasteiger partial charge on any atom is -0.260 e.